The number of amides is 1. The molecule has 1 saturated carbocycles. The molecule has 2 aromatic rings. The Morgan fingerprint density at radius 2 is 1.83 bits per heavy atom. The van der Waals surface area contributed by atoms with E-state index >= 15 is 0 Å². The van der Waals surface area contributed by atoms with Crippen molar-refractivity contribution >= 4 is 12.0 Å². The highest BCUT2D eigenvalue weighted by atomic mass is 16.1. The van der Waals surface area contributed by atoms with Crippen LogP contribution in [-0.2, 0) is 4.79 Å². The molecule has 1 amide bonds. The number of rotatable bonds is 4. The maximum atomic E-state index is 12.8. The Balaban J connectivity index is 1.93. The van der Waals surface area contributed by atoms with Crippen molar-refractivity contribution in [3.8, 4) is 11.8 Å². The molecule has 0 spiro atoms. The number of hydrogen-bond acceptors (Lipinski definition) is 2. The average molecular weight is 390 g/mol. The number of nitrogens with one attached hydrogen (secondary N) is 1. The van der Waals surface area contributed by atoms with E-state index < -0.39 is 0 Å². The van der Waals surface area contributed by atoms with Crippen LogP contribution in [0.4, 0.5) is 0 Å². The summed E-state index contributed by atoms with van der Waals surface area (Å²) in [6.07, 6.45) is 6.21. The van der Waals surface area contributed by atoms with E-state index in [1.54, 1.807) is 6.08 Å². The molecule has 1 fully saturated rings. The van der Waals surface area contributed by atoms with E-state index in [9.17, 15) is 10.1 Å². The zero-order chi connectivity index (χ0) is 21.1. The summed E-state index contributed by atoms with van der Waals surface area (Å²) < 4.78 is 2.21. The van der Waals surface area contributed by atoms with Gasteiger partial charge >= 0.3 is 0 Å². The quantitative estimate of drug-likeness (QED) is 0.569. The van der Waals surface area contributed by atoms with E-state index in [0.717, 1.165) is 36.2 Å². The van der Waals surface area contributed by atoms with Crippen molar-refractivity contribution in [2.75, 3.05) is 0 Å². The molecule has 0 radical (unpaired) electrons. The Labute approximate surface area is 174 Å². The van der Waals surface area contributed by atoms with Crippen molar-refractivity contribution in [2.24, 2.45) is 5.92 Å². The van der Waals surface area contributed by atoms with Gasteiger partial charge in [-0.2, -0.15) is 5.26 Å². The Morgan fingerprint density at radius 1 is 1.17 bits per heavy atom. The second-order valence-corrected chi connectivity index (χ2v) is 8.41. The van der Waals surface area contributed by atoms with E-state index in [2.05, 4.69) is 67.9 Å². The number of nitrogens with zero attached hydrogens (tertiary/aromatic N) is 2. The predicted molar refractivity (Wildman–Crippen MR) is 118 cm³/mol. The number of carbonyl (C=O) groups is 1. The van der Waals surface area contributed by atoms with Crippen LogP contribution < -0.4 is 5.32 Å². The maximum Gasteiger partial charge on any atom is 0.262 e. The molecule has 3 rings (SSSR count). The van der Waals surface area contributed by atoms with E-state index in [0.29, 0.717) is 5.92 Å². The zero-order valence-electron chi connectivity index (χ0n) is 18.2. The first kappa shape index (κ1) is 20.9. The number of para-hydroxylation sites is 1. The van der Waals surface area contributed by atoms with Crippen LogP contribution in [0.25, 0.3) is 11.8 Å². The van der Waals surface area contributed by atoms with Gasteiger partial charge in [-0.05, 0) is 75.3 Å². The van der Waals surface area contributed by atoms with Gasteiger partial charge in [0.2, 0.25) is 0 Å². The summed E-state index contributed by atoms with van der Waals surface area (Å²) in [4.78, 5) is 12.8. The molecular weight excluding hydrogens is 358 g/mol. The minimum atomic E-state index is -0.261. The maximum absolute atomic E-state index is 12.8. The number of aromatic nitrogens is 1. The largest absolute Gasteiger partial charge is 0.348 e. The summed E-state index contributed by atoms with van der Waals surface area (Å²) >= 11 is 0. The fraction of sp³-hybridized carbons (Fsp3) is 0.440. The third-order valence-electron chi connectivity index (χ3n) is 6.23. The first-order valence-electron chi connectivity index (χ1n) is 10.5. The third kappa shape index (κ3) is 4.29. The summed E-state index contributed by atoms with van der Waals surface area (Å²) in [6, 6.07) is 10.6. The van der Waals surface area contributed by atoms with Gasteiger partial charge in [0.05, 0.1) is 5.69 Å². The molecule has 0 bridgehead atoms. The van der Waals surface area contributed by atoms with Crippen LogP contribution in [0.3, 0.4) is 0 Å². The van der Waals surface area contributed by atoms with E-state index in [1.165, 1.54) is 23.2 Å². The smallest absolute Gasteiger partial charge is 0.262 e. The second kappa shape index (κ2) is 8.69. The fourth-order valence-electron chi connectivity index (χ4n) is 4.52. The molecule has 1 aromatic heterocycles. The van der Waals surface area contributed by atoms with Gasteiger partial charge < -0.3 is 9.88 Å². The number of aryl methyl sites for hydroxylation is 3. The van der Waals surface area contributed by atoms with E-state index in [1.807, 2.05) is 6.92 Å². The molecule has 0 unspecified atom stereocenters. The molecule has 0 saturated heterocycles. The Bertz CT molecular complexity index is 970. The van der Waals surface area contributed by atoms with Gasteiger partial charge in [-0.3, -0.25) is 4.79 Å². The number of benzene rings is 1. The van der Waals surface area contributed by atoms with Gasteiger partial charge in [-0.1, -0.05) is 38.0 Å². The Kier molecular flexibility index (Phi) is 6.27. The summed E-state index contributed by atoms with van der Waals surface area (Å²) in [7, 11) is 0. The standard InChI is InChI=1S/C25H31N3O/c1-16-9-6-7-12-23(16)27-25(29)22(15-26)14-21-13-19(4)28(20(21)5)24-17(2)10-8-11-18(24)3/h8,10-11,13-14,16,23H,6-7,9,12H2,1-5H3,(H,27,29)/b22-14+/t16-,23-/m0/s1. The lowest BCUT2D eigenvalue weighted by Crippen LogP contribution is -2.41. The lowest BCUT2D eigenvalue weighted by molar-refractivity contribution is -0.118. The highest BCUT2D eigenvalue weighted by Crippen LogP contribution is 2.28. The molecule has 152 valence electrons. The lowest BCUT2D eigenvalue weighted by atomic mass is 9.86. The SMILES string of the molecule is Cc1cccc(C)c1-n1c(C)cc(/C=C(\C#N)C(=O)N[C@H]2CCCC[C@@H]2C)c1C. The number of hydrogen-bond donors (Lipinski definition) is 1. The first-order valence-corrected chi connectivity index (χ1v) is 10.5. The van der Waals surface area contributed by atoms with Crippen molar-refractivity contribution in [2.45, 2.75) is 66.3 Å². The minimum absolute atomic E-state index is 0.162. The van der Waals surface area contributed by atoms with Crippen LogP contribution in [-0.4, -0.2) is 16.5 Å². The molecule has 1 aliphatic rings. The highest BCUT2D eigenvalue weighted by molar-refractivity contribution is 6.02. The van der Waals surface area contributed by atoms with Gasteiger partial charge in [-0.15, -0.1) is 0 Å². The molecule has 4 nitrogen and oxygen atoms in total. The number of carbonyl (C=O) groups excluding carboxylic acids is 1. The van der Waals surface area contributed by atoms with Crippen molar-refractivity contribution in [3.63, 3.8) is 0 Å². The van der Waals surface area contributed by atoms with Crippen LogP contribution in [0.15, 0.2) is 29.8 Å². The molecule has 1 N–H and O–H groups in total. The van der Waals surface area contributed by atoms with Crippen molar-refractivity contribution < 1.29 is 4.79 Å². The summed E-state index contributed by atoms with van der Waals surface area (Å²) in [5.74, 6) is 0.199. The van der Waals surface area contributed by atoms with Crippen LogP contribution in [0.2, 0.25) is 0 Å². The van der Waals surface area contributed by atoms with Crippen LogP contribution in [0.5, 0.6) is 0 Å². The molecule has 4 heteroatoms. The molecule has 2 atom stereocenters. The Hall–Kier alpha value is -2.80. The van der Waals surface area contributed by atoms with Crippen LogP contribution in [0.1, 0.15) is 60.7 Å². The molecule has 1 aromatic carbocycles. The van der Waals surface area contributed by atoms with Crippen molar-refractivity contribution in [3.05, 3.63) is 57.9 Å². The average Bonchev–Trinajstić information content (AvgIpc) is 2.95. The van der Waals surface area contributed by atoms with E-state index in [-0.39, 0.29) is 17.5 Å². The van der Waals surface area contributed by atoms with Crippen LogP contribution >= 0.6 is 0 Å². The molecule has 29 heavy (non-hydrogen) atoms. The minimum Gasteiger partial charge on any atom is -0.348 e. The molecule has 1 aliphatic carbocycles. The Morgan fingerprint density at radius 3 is 2.45 bits per heavy atom. The fourth-order valence-corrected chi connectivity index (χ4v) is 4.52. The summed E-state index contributed by atoms with van der Waals surface area (Å²) in [6.45, 7) is 10.5. The summed E-state index contributed by atoms with van der Waals surface area (Å²) in [5.41, 5.74) is 6.77. The predicted octanol–water partition coefficient (Wildman–Crippen LogP) is 5.31. The zero-order valence-corrected chi connectivity index (χ0v) is 18.2. The third-order valence-corrected chi connectivity index (χ3v) is 6.23. The normalized spacial score (nSPS) is 19.7. The molecule has 1 heterocycles. The lowest BCUT2D eigenvalue weighted by Gasteiger charge is -2.29. The van der Waals surface area contributed by atoms with Crippen LogP contribution in [0, 0.1) is 44.9 Å². The van der Waals surface area contributed by atoms with Gasteiger partial charge in [0.25, 0.3) is 5.91 Å². The van der Waals surface area contributed by atoms with Gasteiger partial charge in [0.1, 0.15) is 11.6 Å². The van der Waals surface area contributed by atoms with Gasteiger partial charge in [0, 0.05) is 17.4 Å². The van der Waals surface area contributed by atoms with Crippen molar-refractivity contribution in [1.29, 1.82) is 5.26 Å². The second-order valence-electron chi connectivity index (χ2n) is 8.41. The summed E-state index contributed by atoms with van der Waals surface area (Å²) in [5, 5.41) is 12.7. The monoisotopic (exact) mass is 389 g/mol. The first-order chi connectivity index (χ1) is 13.8. The molecule has 0 aliphatic heterocycles. The van der Waals surface area contributed by atoms with Gasteiger partial charge in [0.15, 0.2) is 0 Å². The molecular formula is C25H31N3O. The topological polar surface area (TPSA) is 57.8 Å². The number of nitriles is 1. The highest BCUT2D eigenvalue weighted by Gasteiger charge is 2.24. The van der Waals surface area contributed by atoms with Gasteiger partial charge in [-0.25, -0.2) is 0 Å². The van der Waals surface area contributed by atoms with Crippen molar-refractivity contribution in [1.82, 2.24) is 9.88 Å². The van der Waals surface area contributed by atoms with E-state index in [4.69, 9.17) is 0 Å².